The van der Waals surface area contributed by atoms with Crippen LogP contribution in [0.5, 0.6) is 0 Å². The Morgan fingerprint density at radius 3 is 2.69 bits per heavy atom. The van der Waals surface area contributed by atoms with Crippen molar-refractivity contribution < 1.29 is 14.5 Å². The average Bonchev–Trinajstić information content (AvgIpc) is 2.52. The third-order valence-electron chi connectivity index (χ3n) is 1.91. The van der Waals surface area contributed by atoms with E-state index in [-0.39, 0.29) is 12.6 Å². The molecule has 1 aliphatic heterocycles. The molecule has 1 aromatic carbocycles. The Labute approximate surface area is 77.2 Å². The Morgan fingerprint density at radius 1 is 1.23 bits per heavy atom. The largest absolute Gasteiger partial charge is 0.314 e. The van der Waals surface area contributed by atoms with Gasteiger partial charge in [0.25, 0.3) is 0 Å². The minimum Gasteiger partial charge on any atom is -0.314 e. The van der Waals surface area contributed by atoms with Gasteiger partial charge in [-0.3, -0.25) is 0 Å². The molecule has 13 heavy (non-hydrogen) atoms. The highest BCUT2D eigenvalue weighted by molar-refractivity contribution is 5.23. The summed E-state index contributed by atoms with van der Waals surface area (Å²) in [4.78, 5) is 9.82. The van der Waals surface area contributed by atoms with Gasteiger partial charge in [-0.1, -0.05) is 29.8 Å². The highest BCUT2D eigenvalue weighted by atomic mass is 17.3. The third-order valence-corrected chi connectivity index (χ3v) is 1.91. The summed E-state index contributed by atoms with van der Waals surface area (Å²) in [7, 11) is 0. The molecule has 0 saturated carbocycles. The van der Waals surface area contributed by atoms with Crippen molar-refractivity contribution in [3.63, 3.8) is 0 Å². The Morgan fingerprint density at radius 2 is 2.08 bits per heavy atom. The van der Waals surface area contributed by atoms with Crippen LogP contribution in [0.3, 0.4) is 0 Å². The number of hydrogen-bond acceptors (Lipinski definition) is 3. The lowest BCUT2D eigenvalue weighted by molar-refractivity contribution is -0.295. The van der Waals surface area contributed by atoms with Crippen molar-refractivity contribution in [1.29, 1.82) is 0 Å². The van der Waals surface area contributed by atoms with Gasteiger partial charge in [0.05, 0.1) is 0 Å². The maximum atomic E-state index is 5.36. The maximum Gasteiger partial charge on any atom is 0.220 e. The molecule has 70 valence electrons. The number of benzene rings is 1. The molecule has 1 saturated heterocycles. The van der Waals surface area contributed by atoms with Crippen LogP contribution in [0.2, 0.25) is 0 Å². The number of ether oxygens (including phenoxy) is 1. The fourth-order valence-electron chi connectivity index (χ4n) is 1.30. The summed E-state index contributed by atoms with van der Waals surface area (Å²) in [6.45, 7) is 3.83. The van der Waals surface area contributed by atoms with Crippen molar-refractivity contribution >= 4 is 0 Å². The zero-order chi connectivity index (χ0) is 9.26. The van der Waals surface area contributed by atoms with Crippen molar-refractivity contribution in [3.05, 3.63) is 35.4 Å². The minimum atomic E-state index is -0.380. The van der Waals surface area contributed by atoms with Gasteiger partial charge in [0.2, 0.25) is 6.29 Å². The summed E-state index contributed by atoms with van der Waals surface area (Å²) in [6, 6.07) is 7.98. The molecule has 0 amide bonds. The van der Waals surface area contributed by atoms with E-state index < -0.39 is 0 Å². The number of aryl methyl sites for hydroxylation is 1. The molecule has 2 atom stereocenters. The highest BCUT2D eigenvalue weighted by Gasteiger charge is 2.25. The van der Waals surface area contributed by atoms with Gasteiger partial charge < -0.3 is 4.74 Å². The maximum absolute atomic E-state index is 5.36. The van der Waals surface area contributed by atoms with E-state index in [1.165, 1.54) is 5.56 Å². The summed E-state index contributed by atoms with van der Waals surface area (Å²) < 4.78 is 5.36. The molecular weight excluding hydrogens is 168 g/mol. The Balaban J connectivity index is 2.16. The van der Waals surface area contributed by atoms with E-state index in [2.05, 4.69) is 0 Å². The van der Waals surface area contributed by atoms with Crippen LogP contribution in [0.4, 0.5) is 0 Å². The van der Waals surface area contributed by atoms with Crippen LogP contribution in [0, 0.1) is 6.92 Å². The van der Waals surface area contributed by atoms with E-state index >= 15 is 0 Å². The van der Waals surface area contributed by atoms with Crippen LogP contribution in [-0.2, 0) is 14.5 Å². The third kappa shape index (κ3) is 1.88. The quantitative estimate of drug-likeness (QED) is 0.621. The van der Waals surface area contributed by atoms with Crippen LogP contribution >= 0.6 is 0 Å². The average molecular weight is 180 g/mol. The van der Waals surface area contributed by atoms with E-state index in [0.29, 0.717) is 0 Å². The van der Waals surface area contributed by atoms with Gasteiger partial charge in [0.15, 0.2) is 6.29 Å². The zero-order valence-electron chi connectivity index (χ0n) is 7.69. The Bertz CT molecular complexity index is 298. The van der Waals surface area contributed by atoms with Gasteiger partial charge in [-0.2, -0.15) is 4.89 Å². The summed E-state index contributed by atoms with van der Waals surface area (Å²) in [6.07, 6.45) is -0.666. The first-order valence-corrected chi connectivity index (χ1v) is 4.30. The molecule has 0 unspecified atom stereocenters. The lowest BCUT2D eigenvalue weighted by Crippen LogP contribution is -2.01. The molecular formula is C10H12O3. The minimum absolute atomic E-state index is 0.287. The summed E-state index contributed by atoms with van der Waals surface area (Å²) in [5.74, 6) is 0. The van der Waals surface area contributed by atoms with Crippen LogP contribution in [0.1, 0.15) is 24.3 Å². The second-order valence-corrected chi connectivity index (χ2v) is 3.14. The topological polar surface area (TPSA) is 27.7 Å². The molecule has 0 aromatic heterocycles. The van der Waals surface area contributed by atoms with Crippen LogP contribution in [-0.4, -0.2) is 6.29 Å². The summed E-state index contributed by atoms with van der Waals surface area (Å²) in [5, 5.41) is 0. The normalized spacial score (nSPS) is 27.8. The van der Waals surface area contributed by atoms with E-state index in [1.54, 1.807) is 6.92 Å². The zero-order valence-corrected chi connectivity index (χ0v) is 7.69. The first kappa shape index (κ1) is 8.69. The van der Waals surface area contributed by atoms with Crippen LogP contribution < -0.4 is 0 Å². The number of rotatable bonds is 1. The summed E-state index contributed by atoms with van der Waals surface area (Å²) in [5.41, 5.74) is 2.17. The van der Waals surface area contributed by atoms with Crippen molar-refractivity contribution in [3.8, 4) is 0 Å². The first-order valence-electron chi connectivity index (χ1n) is 4.30. The van der Waals surface area contributed by atoms with E-state index in [0.717, 1.165) is 5.56 Å². The molecule has 1 aliphatic rings. The molecule has 1 aromatic rings. The SMILES string of the molecule is Cc1cccc([C@H]2OO[C@@H](C)O2)c1. The molecule has 0 spiro atoms. The van der Waals surface area contributed by atoms with Gasteiger partial charge in [-0.25, -0.2) is 4.89 Å². The monoisotopic (exact) mass is 180 g/mol. The smallest absolute Gasteiger partial charge is 0.220 e. The molecule has 0 N–H and O–H groups in total. The lowest BCUT2D eigenvalue weighted by atomic mass is 10.1. The molecule has 1 heterocycles. The summed E-state index contributed by atoms with van der Waals surface area (Å²) >= 11 is 0. The predicted octanol–water partition coefficient (Wildman–Crippen LogP) is 2.32. The highest BCUT2D eigenvalue weighted by Crippen LogP contribution is 2.27. The molecule has 1 fully saturated rings. The Hall–Kier alpha value is -0.900. The van der Waals surface area contributed by atoms with Crippen molar-refractivity contribution in [2.45, 2.75) is 26.4 Å². The number of hydrogen-bond donors (Lipinski definition) is 0. The molecule has 0 bridgehead atoms. The van der Waals surface area contributed by atoms with Crippen LogP contribution in [0.15, 0.2) is 24.3 Å². The second kappa shape index (κ2) is 3.46. The standard InChI is InChI=1S/C10H12O3/c1-7-4-3-5-9(6-7)10-11-8(2)12-13-10/h3-6,8,10H,1-2H3/t8-,10+/m0/s1. The molecule has 2 rings (SSSR count). The second-order valence-electron chi connectivity index (χ2n) is 3.14. The fourth-order valence-corrected chi connectivity index (χ4v) is 1.30. The van der Waals surface area contributed by atoms with Crippen molar-refractivity contribution in [2.75, 3.05) is 0 Å². The van der Waals surface area contributed by atoms with Gasteiger partial charge in [-0.15, -0.1) is 0 Å². The lowest BCUT2D eigenvalue weighted by Gasteiger charge is -2.06. The van der Waals surface area contributed by atoms with E-state index in [4.69, 9.17) is 14.5 Å². The van der Waals surface area contributed by atoms with Gasteiger partial charge in [0.1, 0.15) is 0 Å². The van der Waals surface area contributed by atoms with Crippen LogP contribution in [0.25, 0.3) is 0 Å². The van der Waals surface area contributed by atoms with Gasteiger partial charge in [-0.05, 0) is 13.8 Å². The van der Waals surface area contributed by atoms with E-state index in [1.807, 2.05) is 31.2 Å². The van der Waals surface area contributed by atoms with Crippen molar-refractivity contribution in [1.82, 2.24) is 0 Å². The molecule has 3 heteroatoms. The predicted molar refractivity (Wildman–Crippen MR) is 46.6 cm³/mol. The Kier molecular flexibility index (Phi) is 2.31. The fraction of sp³-hybridized carbons (Fsp3) is 0.400. The molecule has 0 radical (unpaired) electrons. The van der Waals surface area contributed by atoms with Gasteiger partial charge in [0, 0.05) is 5.56 Å². The van der Waals surface area contributed by atoms with Crippen molar-refractivity contribution in [2.24, 2.45) is 0 Å². The molecule has 0 aliphatic carbocycles. The first-order chi connectivity index (χ1) is 6.25. The molecule has 3 nitrogen and oxygen atoms in total. The van der Waals surface area contributed by atoms with E-state index in [9.17, 15) is 0 Å². The van der Waals surface area contributed by atoms with Gasteiger partial charge >= 0.3 is 0 Å².